The lowest BCUT2D eigenvalue weighted by Gasteiger charge is -2.25. The van der Waals surface area contributed by atoms with E-state index >= 15 is 0 Å². The van der Waals surface area contributed by atoms with Gasteiger partial charge in [-0.2, -0.15) is 4.98 Å². The van der Waals surface area contributed by atoms with Crippen molar-refractivity contribution in [2.24, 2.45) is 5.92 Å². The van der Waals surface area contributed by atoms with Crippen molar-refractivity contribution >= 4 is 5.97 Å². The zero-order chi connectivity index (χ0) is 20.7. The van der Waals surface area contributed by atoms with Gasteiger partial charge in [0, 0.05) is 12.0 Å². The van der Waals surface area contributed by atoms with Crippen LogP contribution in [0.5, 0.6) is 0 Å². The predicted octanol–water partition coefficient (Wildman–Crippen LogP) is 5.28. The monoisotopic (exact) mass is 405 g/mol. The van der Waals surface area contributed by atoms with E-state index in [9.17, 15) is 4.79 Å². The van der Waals surface area contributed by atoms with Gasteiger partial charge in [0.2, 0.25) is 5.89 Å². The molecule has 1 unspecified atom stereocenters. The minimum absolute atomic E-state index is 0.0570. The van der Waals surface area contributed by atoms with E-state index in [-0.39, 0.29) is 11.9 Å². The van der Waals surface area contributed by atoms with Crippen molar-refractivity contribution in [3.63, 3.8) is 0 Å². The first-order valence-electron chi connectivity index (χ1n) is 11.7. The summed E-state index contributed by atoms with van der Waals surface area (Å²) in [7, 11) is 0. The Labute approximate surface area is 175 Å². The Morgan fingerprint density at radius 1 is 1.17 bits per heavy atom. The maximum absolute atomic E-state index is 12.5. The highest BCUT2D eigenvalue weighted by molar-refractivity contribution is 5.70. The van der Waals surface area contributed by atoms with Gasteiger partial charge in [0.15, 0.2) is 5.82 Å². The summed E-state index contributed by atoms with van der Waals surface area (Å²) in [5.74, 6) is 1.88. The molecule has 0 bridgehead atoms. The number of aromatic nitrogens is 2. The second-order valence-corrected chi connectivity index (χ2v) is 9.98. The van der Waals surface area contributed by atoms with Crippen LogP contribution in [0, 0.1) is 5.92 Å². The third-order valence-corrected chi connectivity index (χ3v) is 6.21. The maximum atomic E-state index is 12.5. The van der Waals surface area contributed by atoms with E-state index in [1.165, 1.54) is 57.8 Å². The molecular formula is C23H39N3O3. The summed E-state index contributed by atoms with van der Waals surface area (Å²) in [6.07, 6.45) is 14.1. The molecule has 1 atom stereocenters. The molecular weight excluding hydrogens is 366 g/mol. The Kier molecular flexibility index (Phi) is 8.10. The Morgan fingerprint density at radius 3 is 2.59 bits per heavy atom. The van der Waals surface area contributed by atoms with Crippen LogP contribution in [-0.4, -0.2) is 27.8 Å². The van der Waals surface area contributed by atoms with Gasteiger partial charge < -0.3 is 14.6 Å². The van der Waals surface area contributed by atoms with Gasteiger partial charge in [0.25, 0.3) is 0 Å². The molecule has 1 N–H and O–H groups in total. The second-order valence-electron chi connectivity index (χ2n) is 9.98. The molecule has 164 valence electrons. The molecule has 2 saturated carbocycles. The van der Waals surface area contributed by atoms with Crippen LogP contribution in [0.4, 0.5) is 0 Å². The highest BCUT2D eigenvalue weighted by Crippen LogP contribution is 2.31. The molecule has 29 heavy (non-hydrogen) atoms. The standard InChI is InChI=1S/C23H39N3O3/c1-23(2,3)28-21(27)15-18(12-7-11-17-9-5-4-6-10-17)22-25-20(26-29-22)16-24-19-13-8-14-19/h17-19,24H,4-16H2,1-3H3. The summed E-state index contributed by atoms with van der Waals surface area (Å²) < 4.78 is 11.1. The van der Waals surface area contributed by atoms with Crippen molar-refractivity contribution in [3.05, 3.63) is 11.7 Å². The third-order valence-electron chi connectivity index (χ3n) is 6.21. The summed E-state index contributed by atoms with van der Waals surface area (Å²) in [5.41, 5.74) is -0.476. The highest BCUT2D eigenvalue weighted by Gasteiger charge is 2.26. The number of nitrogens with one attached hydrogen (secondary N) is 1. The van der Waals surface area contributed by atoms with Gasteiger partial charge in [-0.1, -0.05) is 56.5 Å². The Balaban J connectivity index is 1.55. The van der Waals surface area contributed by atoms with E-state index in [0.717, 1.165) is 18.8 Å². The molecule has 3 rings (SSSR count). The van der Waals surface area contributed by atoms with Crippen LogP contribution in [0.1, 0.15) is 115 Å². The van der Waals surface area contributed by atoms with E-state index in [2.05, 4.69) is 15.5 Å². The number of esters is 1. The fraction of sp³-hybridized carbons (Fsp3) is 0.870. The smallest absolute Gasteiger partial charge is 0.307 e. The summed E-state index contributed by atoms with van der Waals surface area (Å²) in [4.78, 5) is 17.1. The molecule has 0 amide bonds. The largest absolute Gasteiger partial charge is 0.460 e. The molecule has 0 aromatic carbocycles. The van der Waals surface area contributed by atoms with Gasteiger partial charge in [-0.15, -0.1) is 0 Å². The maximum Gasteiger partial charge on any atom is 0.307 e. The SMILES string of the molecule is CC(C)(C)OC(=O)CC(CCCC1CCCCC1)c1nc(CNC2CCC2)no1. The third kappa shape index (κ3) is 7.72. The van der Waals surface area contributed by atoms with Crippen LogP contribution in [0.15, 0.2) is 4.52 Å². The van der Waals surface area contributed by atoms with E-state index in [1.54, 1.807) is 0 Å². The summed E-state index contributed by atoms with van der Waals surface area (Å²) in [6, 6.07) is 0.588. The molecule has 0 radical (unpaired) electrons. The van der Waals surface area contributed by atoms with Crippen LogP contribution in [-0.2, 0) is 16.1 Å². The van der Waals surface area contributed by atoms with E-state index in [4.69, 9.17) is 9.26 Å². The van der Waals surface area contributed by atoms with Gasteiger partial charge >= 0.3 is 5.97 Å². The minimum atomic E-state index is -0.476. The number of hydrogen-bond donors (Lipinski definition) is 1. The summed E-state index contributed by atoms with van der Waals surface area (Å²) >= 11 is 0. The van der Waals surface area contributed by atoms with Crippen molar-refractivity contribution in [2.45, 2.75) is 122 Å². The first-order chi connectivity index (χ1) is 13.9. The Morgan fingerprint density at radius 2 is 1.93 bits per heavy atom. The fourth-order valence-corrected chi connectivity index (χ4v) is 4.38. The lowest BCUT2D eigenvalue weighted by atomic mass is 9.84. The van der Waals surface area contributed by atoms with E-state index < -0.39 is 5.60 Å². The predicted molar refractivity (Wildman–Crippen MR) is 112 cm³/mol. The number of rotatable bonds is 10. The number of ether oxygens (including phenoxy) is 1. The van der Waals surface area contributed by atoms with Gasteiger partial charge in [-0.05, 0) is 46.0 Å². The molecule has 1 heterocycles. The quantitative estimate of drug-likeness (QED) is 0.534. The summed E-state index contributed by atoms with van der Waals surface area (Å²) in [6.45, 7) is 6.34. The minimum Gasteiger partial charge on any atom is -0.460 e. The number of carbonyl (C=O) groups is 1. The molecule has 6 heteroatoms. The van der Waals surface area contributed by atoms with E-state index in [1.807, 2.05) is 20.8 Å². The van der Waals surface area contributed by atoms with Crippen molar-refractivity contribution in [1.82, 2.24) is 15.5 Å². The average Bonchev–Trinajstić information content (AvgIpc) is 3.08. The number of hydrogen-bond acceptors (Lipinski definition) is 6. The second kappa shape index (κ2) is 10.6. The van der Waals surface area contributed by atoms with Crippen LogP contribution in [0.2, 0.25) is 0 Å². The van der Waals surface area contributed by atoms with Gasteiger partial charge in [-0.3, -0.25) is 4.79 Å². The van der Waals surface area contributed by atoms with E-state index in [0.29, 0.717) is 30.7 Å². The molecule has 2 aliphatic carbocycles. The molecule has 1 aromatic heterocycles. The van der Waals surface area contributed by atoms with Crippen molar-refractivity contribution < 1.29 is 14.1 Å². The Hall–Kier alpha value is -1.43. The fourth-order valence-electron chi connectivity index (χ4n) is 4.38. The lowest BCUT2D eigenvalue weighted by molar-refractivity contribution is -0.155. The van der Waals surface area contributed by atoms with Gasteiger partial charge in [0.1, 0.15) is 5.60 Å². The topological polar surface area (TPSA) is 77.2 Å². The molecule has 2 aliphatic rings. The molecule has 6 nitrogen and oxygen atoms in total. The molecule has 0 saturated heterocycles. The number of carbonyl (C=O) groups excluding carboxylic acids is 1. The highest BCUT2D eigenvalue weighted by atomic mass is 16.6. The molecule has 2 fully saturated rings. The van der Waals surface area contributed by atoms with Crippen molar-refractivity contribution in [1.29, 1.82) is 0 Å². The average molecular weight is 406 g/mol. The molecule has 0 spiro atoms. The van der Waals surface area contributed by atoms with Gasteiger partial charge in [0.05, 0.1) is 13.0 Å². The number of nitrogens with zero attached hydrogens (tertiary/aromatic N) is 2. The molecule has 0 aliphatic heterocycles. The first kappa shape index (κ1) is 22.3. The van der Waals surface area contributed by atoms with Crippen molar-refractivity contribution in [3.8, 4) is 0 Å². The lowest BCUT2D eigenvalue weighted by Crippen LogP contribution is -2.34. The zero-order valence-corrected chi connectivity index (χ0v) is 18.5. The first-order valence-corrected chi connectivity index (χ1v) is 11.7. The van der Waals surface area contributed by atoms with Crippen LogP contribution >= 0.6 is 0 Å². The molecule has 1 aromatic rings. The zero-order valence-electron chi connectivity index (χ0n) is 18.5. The normalized spacial score (nSPS) is 19.7. The van der Waals surface area contributed by atoms with Crippen LogP contribution < -0.4 is 5.32 Å². The van der Waals surface area contributed by atoms with Crippen molar-refractivity contribution in [2.75, 3.05) is 0 Å². The Bertz CT molecular complexity index is 628. The van der Waals surface area contributed by atoms with Gasteiger partial charge in [-0.25, -0.2) is 0 Å². The van der Waals surface area contributed by atoms with Crippen LogP contribution in [0.25, 0.3) is 0 Å². The summed E-state index contributed by atoms with van der Waals surface area (Å²) in [5, 5.41) is 7.62. The van der Waals surface area contributed by atoms with Crippen LogP contribution in [0.3, 0.4) is 0 Å².